The summed E-state index contributed by atoms with van der Waals surface area (Å²) in [7, 11) is 0. The number of hydrogen-bond acceptors (Lipinski definition) is 3. The zero-order valence-corrected chi connectivity index (χ0v) is 11.7. The Labute approximate surface area is 115 Å². The number of anilines is 1. The highest BCUT2D eigenvalue weighted by Gasteiger charge is 2.15. The van der Waals surface area contributed by atoms with Crippen molar-refractivity contribution >= 4 is 21.6 Å². The SMILES string of the molecule is C#CCn1ncc(NCC2CCCC2)c(Br)c1=O. The van der Waals surface area contributed by atoms with E-state index in [0.29, 0.717) is 10.4 Å². The Hall–Kier alpha value is -1.28. The number of nitrogens with one attached hydrogen (secondary N) is 1. The number of terminal acetylenes is 1. The number of aromatic nitrogens is 2. The summed E-state index contributed by atoms with van der Waals surface area (Å²) in [4.78, 5) is 11.9. The van der Waals surface area contributed by atoms with Crippen LogP contribution < -0.4 is 10.9 Å². The van der Waals surface area contributed by atoms with Crippen LogP contribution in [0.25, 0.3) is 0 Å². The fourth-order valence-electron chi connectivity index (χ4n) is 2.26. The molecular formula is C13H16BrN3O. The predicted octanol–water partition coefficient (Wildman–Crippen LogP) is 2.24. The smallest absolute Gasteiger partial charge is 0.284 e. The van der Waals surface area contributed by atoms with Crippen molar-refractivity contribution in [2.24, 2.45) is 5.92 Å². The van der Waals surface area contributed by atoms with Crippen LogP contribution in [0.15, 0.2) is 15.5 Å². The van der Waals surface area contributed by atoms with E-state index in [2.05, 4.69) is 32.3 Å². The maximum absolute atomic E-state index is 11.9. The number of nitrogens with zero attached hydrogens (tertiary/aromatic N) is 2. The molecule has 1 aliphatic carbocycles. The minimum Gasteiger partial charge on any atom is -0.382 e. The van der Waals surface area contributed by atoms with Crippen molar-refractivity contribution in [1.29, 1.82) is 0 Å². The van der Waals surface area contributed by atoms with E-state index in [1.165, 1.54) is 30.4 Å². The Morgan fingerprint density at radius 2 is 2.28 bits per heavy atom. The Kier molecular flexibility index (Phi) is 4.43. The molecule has 0 spiro atoms. The molecule has 1 aliphatic rings. The van der Waals surface area contributed by atoms with E-state index in [0.717, 1.165) is 12.2 Å². The molecule has 1 N–H and O–H groups in total. The van der Waals surface area contributed by atoms with E-state index >= 15 is 0 Å². The Morgan fingerprint density at radius 3 is 2.94 bits per heavy atom. The van der Waals surface area contributed by atoms with Crippen molar-refractivity contribution in [2.45, 2.75) is 32.2 Å². The van der Waals surface area contributed by atoms with Crippen LogP contribution in [0.4, 0.5) is 5.69 Å². The van der Waals surface area contributed by atoms with Gasteiger partial charge in [0.25, 0.3) is 5.56 Å². The van der Waals surface area contributed by atoms with Gasteiger partial charge in [0, 0.05) is 6.54 Å². The fraction of sp³-hybridized carbons (Fsp3) is 0.538. The Bertz CT molecular complexity index is 512. The van der Waals surface area contributed by atoms with Gasteiger partial charge < -0.3 is 5.32 Å². The zero-order chi connectivity index (χ0) is 13.0. The summed E-state index contributed by atoms with van der Waals surface area (Å²) < 4.78 is 1.77. The highest BCUT2D eigenvalue weighted by Crippen LogP contribution is 2.25. The molecule has 0 unspecified atom stereocenters. The third-order valence-electron chi connectivity index (χ3n) is 3.28. The molecule has 0 bridgehead atoms. The van der Waals surface area contributed by atoms with E-state index in [9.17, 15) is 4.79 Å². The lowest BCUT2D eigenvalue weighted by Gasteiger charge is -2.13. The molecule has 96 valence electrons. The van der Waals surface area contributed by atoms with Crippen molar-refractivity contribution in [3.05, 3.63) is 21.0 Å². The molecule has 0 aromatic carbocycles. The molecule has 0 amide bonds. The zero-order valence-electron chi connectivity index (χ0n) is 10.2. The van der Waals surface area contributed by atoms with Gasteiger partial charge in [-0.05, 0) is 34.7 Å². The lowest BCUT2D eigenvalue weighted by atomic mass is 10.1. The maximum Gasteiger partial charge on any atom is 0.284 e. The second-order valence-corrected chi connectivity index (χ2v) is 5.36. The molecule has 1 aromatic rings. The summed E-state index contributed by atoms with van der Waals surface area (Å²) in [6, 6.07) is 0. The lowest BCUT2D eigenvalue weighted by Crippen LogP contribution is -2.24. The molecule has 0 aliphatic heterocycles. The van der Waals surface area contributed by atoms with Crippen LogP contribution in [0.1, 0.15) is 25.7 Å². The topological polar surface area (TPSA) is 46.9 Å². The van der Waals surface area contributed by atoms with Gasteiger partial charge in [0.2, 0.25) is 0 Å². The van der Waals surface area contributed by atoms with Gasteiger partial charge in [0.05, 0.1) is 11.9 Å². The third kappa shape index (κ3) is 2.94. The van der Waals surface area contributed by atoms with E-state index in [1.54, 1.807) is 6.20 Å². The van der Waals surface area contributed by atoms with Crippen molar-refractivity contribution in [1.82, 2.24) is 9.78 Å². The van der Waals surface area contributed by atoms with Crippen LogP contribution in [0, 0.1) is 18.3 Å². The van der Waals surface area contributed by atoms with Crippen molar-refractivity contribution in [3.63, 3.8) is 0 Å². The monoisotopic (exact) mass is 309 g/mol. The first kappa shape index (κ1) is 13.2. The third-order valence-corrected chi connectivity index (χ3v) is 4.05. The normalized spacial score (nSPS) is 15.6. The Morgan fingerprint density at radius 1 is 1.56 bits per heavy atom. The standard InChI is InChI=1S/C13H16BrN3O/c1-2-7-17-13(18)12(14)11(9-16-17)15-8-10-5-3-4-6-10/h1,9-10,15H,3-8H2. The minimum atomic E-state index is -0.190. The average molecular weight is 310 g/mol. The first-order valence-corrected chi connectivity index (χ1v) is 6.94. The van der Waals surface area contributed by atoms with Gasteiger partial charge >= 0.3 is 0 Å². The highest BCUT2D eigenvalue weighted by atomic mass is 79.9. The average Bonchev–Trinajstić information content (AvgIpc) is 2.87. The first-order valence-electron chi connectivity index (χ1n) is 6.15. The van der Waals surface area contributed by atoms with Gasteiger partial charge in [-0.25, -0.2) is 4.68 Å². The van der Waals surface area contributed by atoms with Crippen LogP contribution in [-0.4, -0.2) is 16.3 Å². The molecular weight excluding hydrogens is 294 g/mol. The van der Waals surface area contributed by atoms with Gasteiger partial charge in [-0.2, -0.15) is 5.10 Å². The number of rotatable bonds is 4. The molecule has 5 heteroatoms. The highest BCUT2D eigenvalue weighted by molar-refractivity contribution is 9.10. The molecule has 1 fully saturated rings. The van der Waals surface area contributed by atoms with Crippen molar-refractivity contribution in [3.8, 4) is 12.3 Å². The van der Waals surface area contributed by atoms with Crippen LogP contribution in [0.3, 0.4) is 0 Å². The molecule has 1 aromatic heterocycles. The van der Waals surface area contributed by atoms with Gasteiger partial charge in [-0.1, -0.05) is 18.8 Å². The van der Waals surface area contributed by atoms with E-state index in [-0.39, 0.29) is 12.1 Å². The van der Waals surface area contributed by atoms with Gasteiger partial charge in [0.15, 0.2) is 0 Å². The molecule has 1 heterocycles. The van der Waals surface area contributed by atoms with Crippen LogP contribution in [-0.2, 0) is 6.54 Å². The molecule has 4 nitrogen and oxygen atoms in total. The molecule has 0 radical (unpaired) electrons. The van der Waals surface area contributed by atoms with E-state index < -0.39 is 0 Å². The maximum atomic E-state index is 11.9. The Balaban J connectivity index is 2.07. The summed E-state index contributed by atoms with van der Waals surface area (Å²) >= 11 is 3.31. The second-order valence-electron chi connectivity index (χ2n) is 4.57. The predicted molar refractivity (Wildman–Crippen MR) is 75.5 cm³/mol. The van der Waals surface area contributed by atoms with Gasteiger partial charge in [0.1, 0.15) is 11.0 Å². The minimum absolute atomic E-state index is 0.190. The van der Waals surface area contributed by atoms with Crippen LogP contribution >= 0.6 is 15.9 Å². The van der Waals surface area contributed by atoms with Gasteiger partial charge in [-0.15, -0.1) is 6.42 Å². The van der Waals surface area contributed by atoms with Crippen LogP contribution in [0.2, 0.25) is 0 Å². The van der Waals surface area contributed by atoms with Gasteiger partial charge in [-0.3, -0.25) is 4.79 Å². The quantitative estimate of drug-likeness (QED) is 0.868. The molecule has 0 atom stereocenters. The second kappa shape index (κ2) is 6.05. The van der Waals surface area contributed by atoms with E-state index in [4.69, 9.17) is 6.42 Å². The first-order chi connectivity index (χ1) is 8.72. The summed E-state index contributed by atoms with van der Waals surface area (Å²) in [5.74, 6) is 3.12. The van der Waals surface area contributed by atoms with Crippen molar-refractivity contribution < 1.29 is 0 Å². The molecule has 18 heavy (non-hydrogen) atoms. The molecule has 1 saturated carbocycles. The molecule has 0 saturated heterocycles. The molecule has 2 rings (SSSR count). The van der Waals surface area contributed by atoms with E-state index in [1.807, 2.05) is 0 Å². The summed E-state index contributed by atoms with van der Waals surface area (Å²) in [6.07, 6.45) is 12.0. The summed E-state index contributed by atoms with van der Waals surface area (Å²) in [5.41, 5.74) is 0.560. The summed E-state index contributed by atoms with van der Waals surface area (Å²) in [5, 5.41) is 7.33. The fourth-order valence-corrected chi connectivity index (χ4v) is 2.70. The van der Waals surface area contributed by atoms with Crippen LogP contribution in [0.5, 0.6) is 0 Å². The summed E-state index contributed by atoms with van der Waals surface area (Å²) in [6.45, 7) is 1.10. The number of halogens is 1. The van der Waals surface area contributed by atoms with Crippen molar-refractivity contribution in [2.75, 3.05) is 11.9 Å². The lowest BCUT2D eigenvalue weighted by molar-refractivity contribution is 0.578. The number of hydrogen-bond donors (Lipinski definition) is 1. The largest absolute Gasteiger partial charge is 0.382 e.